The highest BCUT2D eigenvalue weighted by molar-refractivity contribution is 6.29. The predicted octanol–water partition coefficient (Wildman–Crippen LogP) is 1.77. The normalized spacial score (nSPS) is 10.5. The molecule has 1 heterocycles. The summed E-state index contributed by atoms with van der Waals surface area (Å²) in [6, 6.07) is 2.05. The first kappa shape index (κ1) is 9.85. The standard InChI is InChI=1S/C7H5ClF2N2O/c8-5-2-3(7(11)13)1-4(12-5)6(9)10/h1-2,6H,(H2,11,13). The van der Waals surface area contributed by atoms with Gasteiger partial charge < -0.3 is 5.73 Å². The Kier molecular flexibility index (Phi) is 2.77. The summed E-state index contributed by atoms with van der Waals surface area (Å²) in [5.41, 5.74) is 4.25. The van der Waals surface area contributed by atoms with Gasteiger partial charge in [0.2, 0.25) is 5.91 Å². The fourth-order valence-electron chi connectivity index (χ4n) is 0.771. The third-order valence-corrected chi connectivity index (χ3v) is 1.52. The minimum Gasteiger partial charge on any atom is -0.366 e. The van der Waals surface area contributed by atoms with Gasteiger partial charge in [-0.05, 0) is 12.1 Å². The summed E-state index contributed by atoms with van der Waals surface area (Å²) in [6.45, 7) is 0. The Hall–Kier alpha value is -1.23. The highest BCUT2D eigenvalue weighted by Gasteiger charge is 2.12. The summed E-state index contributed by atoms with van der Waals surface area (Å²) in [4.78, 5) is 13.9. The van der Waals surface area contributed by atoms with Gasteiger partial charge in [-0.2, -0.15) is 0 Å². The average molecular weight is 207 g/mol. The Morgan fingerprint density at radius 2 is 2.15 bits per heavy atom. The number of amides is 1. The topological polar surface area (TPSA) is 56.0 Å². The molecule has 0 aromatic carbocycles. The number of hydrogen-bond donors (Lipinski definition) is 1. The van der Waals surface area contributed by atoms with Gasteiger partial charge >= 0.3 is 0 Å². The lowest BCUT2D eigenvalue weighted by molar-refractivity contribution is 0.0999. The second-order valence-corrected chi connectivity index (χ2v) is 2.66. The van der Waals surface area contributed by atoms with Crippen LogP contribution in [0.5, 0.6) is 0 Å². The zero-order chi connectivity index (χ0) is 10.0. The molecule has 3 nitrogen and oxygen atoms in total. The number of carbonyl (C=O) groups is 1. The van der Waals surface area contributed by atoms with E-state index in [1.165, 1.54) is 0 Å². The summed E-state index contributed by atoms with van der Waals surface area (Å²) in [5, 5.41) is -0.174. The zero-order valence-corrected chi connectivity index (χ0v) is 7.05. The van der Waals surface area contributed by atoms with Gasteiger partial charge in [-0.25, -0.2) is 13.8 Å². The van der Waals surface area contributed by atoms with Gasteiger partial charge in [0, 0.05) is 5.56 Å². The molecule has 0 spiro atoms. The van der Waals surface area contributed by atoms with Crippen molar-refractivity contribution in [1.82, 2.24) is 4.98 Å². The van der Waals surface area contributed by atoms with Gasteiger partial charge in [-0.3, -0.25) is 4.79 Å². The molecule has 0 saturated heterocycles. The van der Waals surface area contributed by atoms with E-state index in [1.54, 1.807) is 0 Å². The van der Waals surface area contributed by atoms with E-state index >= 15 is 0 Å². The molecule has 1 aromatic rings. The molecule has 0 fully saturated rings. The van der Waals surface area contributed by atoms with Crippen molar-refractivity contribution in [1.29, 1.82) is 0 Å². The van der Waals surface area contributed by atoms with Crippen LogP contribution in [0.4, 0.5) is 8.78 Å². The maximum atomic E-state index is 12.1. The molecule has 2 N–H and O–H groups in total. The molecular formula is C7H5ClF2N2O. The molecule has 70 valence electrons. The molecule has 1 rings (SSSR count). The number of hydrogen-bond acceptors (Lipinski definition) is 2. The van der Waals surface area contributed by atoms with E-state index < -0.39 is 18.0 Å². The van der Waals surface area contributed by atoms with E-state index in [1.807, 2.05) is 0 Å². The van der Waals surface area contributed by atoms with Crippen LogP contribution in [-0.4, -0.2) is 10.9 Å². The second-order valence-electron chi connectivity index (χ2n) is 2.27. The van der Waals surface area contributed by atoms with Crippen LogP contribution in [0.1, 0.15) is 22.5 Å². The summed E-state index contributed by atoms with van der Waals surface area (Å²) < 4.78 is 24.2. The van der Waals surface area contributed by atoms with Crippen molar-refractivity contribution >= 4 is 17.5 Å². The molecule has 0 bridgehead atoms. The Bertz CT molecular complexity index is 343. The number of alkyl halides is 2. The Balaban J connectivity index is 3.19. The third-order valence-electron chi connectivity index (χ3n) is 1.32. The average Bonchev–Trinajstić information content (AvgIpc) is 2.03. The molecule has 0 aliphatic rings. The lowest BCUT2D eigenvalue weighted by atomic mass is 10.2. The monoisotopic (exact) mass is 206 g/mol. The minimum atomic E-state index is -2.77. The van der Waals surface area contributed by atoms with E-state index in [-0.39, 0.29) is 10.7 Å². The molecule has 0 saturated carbocycles. The fourth-order valence-corrected chi connectivity index (χ4v) is 0.986. The first-order chi connectivity index (χ1) is 6.00. The van der Waals surface area contributed by atoms with Gasteiger partial charge in [0.1, 0.15) is 10.8 Å². The van der Waals surface area contributed by atoms with Crippen LogP contribution in [0.15, 0.2) is 12.1 Å². The molecule has 0 radical (unpaired) electrons. The van der Waals surface area contributed by atoms with Crippen molar-refractivity contribution in [3.05, 3.63) is 28.5 Å². The van der Waals surface area contributed by atoms with Crippen molar-refractivity contribution in [2.45, 2.75) is 6.43 Å². The number of nitrogens with two attached hydrogens (primary N) is 1. The van der Waals surface area contributed by atoms with Gasteiger partial charge in [0.15, 0.2) is 0 Å². The van der Waals surface area contributed by atoms with Gasteiger partial charge in [0.25, 0.3) is 6.43 Å². The molecule has 0 aliphatic heterocycles. The molecular weight excluding hydrogens is 202 g/mol. The lowest BCUT2D eigenvalue weighted by Gasteiger charge is -2.01. The highest BCUT2D eigenvalue weighted by atomic mass is 35.5. The van der Waals surface area contributed by atoms with Crippen LogP contribution in [0.25, 0.3) is 0 Å². The van der Waals surface area contributed by atoms with Gasteiger partial charge in [-0.1, -0.05) is 11.6 Å². The van der Waals surface area contributed by atoms with Gasteiger partial charge in [0.05, 0.1) is 0 Å². The quantitative estimate of drug-likeness (QED) is 0.750. The smallest absolute Gasteiger partial charge is 0.280 e. The molecule has 1 amide bonds. The number of carbonyl (C=O) groups excluding carboxylic acids is 1. The van der Waals surface area contributed by atoms with Crippen LogP contribution in [0.3, 0.4) is 0 Å². The first-order valence-corrected chi connectivity index (χ1v) is 3.64. The largest absolute Gasteiger partial charge is 0.366 e. The van der Waals surface area contributed by atoms with Crippen LogP contribution in [0.2, 0.25) is 5.15 Å². The second kappa shape index (κ2) is 3.66. The molecule has 13 heavy (non-hydrogen) atoms. The highest BCUT2D eigenvalue weighted by Crippen LogP contribution is 2.20. The fraction of sp³-hybridized carbons (Fsp3) is 0.143. The van der Waals surface area contributed by atoms with Crippen LogP contribution in [-0.2, 0) is 0 Å². The van der Waals surface area contributed by atoms with Gasteiger partial charge in [-0.15, -0.1) is 0 Å². The van der Waals surface area contributed by atoms with E-state index in [0.717, 1.165) is 12.1 Å². The predicted molar refractivity (Wildman–Crippen MR) is 42.7 cm³/mol. The minimum absolute atomic E-state index is 0.0738. The Morgan fingerprint density at radius 3 is 2.62 bits per heavy atom. The zero-order valence-electron chi connectivity index (χ0n) is 6.30. The Labute approximate surface area is 77.5 Å². The number of nitrogens with zero attached hydrogens (tertiary/aromatic N) is 1. The van der Waals surface area contributed by atoms with E-state index in [4.69, 9.17) is 17.3 Å². The molecule has 0 atom stereocenters. The van der Waals surface area contributed by atoms with Crippen molar-refractivity contribution < 1.29 is 13.6 Å². The summed E-state index contributed by atoms with van der Waals surface area (Å²) >= 11 is 5.39. The van der Waals surface area contributed by atoms with Crippen molar-refractivity contribution in [3.8, 4) is 0 Å². The molecule has 6 heteroatoms. The number of pyridine rings is 1. The van der Waals surface area contributed by atoms with Crippen LogP contribution < -0.4 is 5.73 Å². The number of rotatable bonds is 2. The summed E-state index contributed by atoms with van der Waals surface area (Å²) in [7, 11) is 0. The summed E-state index contributed by atoms with van der Waals surface area (Å²) in [6.07, 6.45) is -2.77. The van der Waals surface area contributed by atoms with Crippen LogP contribution in [0, 0.1) is 0 Å². The number of aromatic nitrogens is 1. The third kappa shape index (κ3) is 2.35. The maximum absolute atomic E-state index is 12.1. The van der Waals surface area contributed by atoms with Crippen molar-refractivity contribution in [2.24, 2.45) is 5.73 Å². The van der Waals surface area contributed by atoms with E-state index in [2.05, 4.69) is 4.98 Å². The Morgan fingerprint density at radius 1 is 1.54 bits per heavy atom. The van der Waals surface area contributed by atoms with E-state index in [9.17, 15) is 13.6 Å². The van der Waals surface area contributed by atoms with Crippen molar-refractivity contribution in [2.75, 3.05) is 0 Å². The molecule has 0 unspecified atom stereocenters. The number of primary amides is 1. The van der Waals surface area contributed by atoms with Crippen molar-refractivity contribution in [3.63, 3.8) is 0 Å². The first-order valence-electron chi connectivity index (χ1n) is 3.26. The molecule has 0 aliphatic carbocycles. The lowest BCUT2D eigenvalue weighted by Crippen LogP contribution is -2.12. The maximum Gasteiger partial charge on any atom is 0.280 e. The number of halogens is 3. The summed E-state index contributed by atoms with van der Waals surface area (Å²) in [5.74, 6) is -0.814. The van der Waals surface area contributed by atoms with Crippen LogP contribution >= 0.6 is 11.6 Å². The van der Waals surface area contributed by atoms with E-state index in [0.29, 0.717) is 0 Å². The SMILES string of the molecule is NC(=O)c1cc(Cl)nc(C(F)F)c1. The molecule has 1 aromatic heterocycles.